The van der Waals surface area contributed by atoms with Crippen LogP contribution in [0, 0.1) is 17.3 Å². The van der Waals surface area contributed by atoms with Crippen molar-refractivity contribution in [1.29, 1.82) is 0 Å². The summed E-state index contributed by atoms with van der Waals surface area (Å²) < 4.78 is 0. The molecule has 1 aromatic carbocycles. The number of aliphatic hydroxyl groups is 1. The second-order valence-electron chi connectivity index (χ2n) is 13.6. The molecule has 0 bridgehead atoms. The molecule has 0 radical (unpaired) electrons. The van der Waals surface area contributed by atoms with Crippen molar-refractivity contribution in [3.05, 3.63) is 53.7 Å². The Morgan fingerprint density at radius 3 is 2.41 bits per heavy atom. The molecule has 1 aromatic rings. The van der Waals surface area contributed by atoms with Gasteiger partial charge in [0.15, 0.2) is 0 Å². The van der Waals surface area contributed by atoms with Gasteiger partial charge in [-0.2, -0.15) is 0 Å². The van der Waals surface area contributed by atoms with Crippen LogP contribution in [0.1, 0.15) is 71.3 Å². The number of carbonyl (C=O) groups is 2. The molecule has 5 rings (SSSR count). The zero-order chi connectivity index (χ0) is 29.0. The fraction of sp³-hybridized carbons (Fsp3) is 0.647. The number of carbonyl (C=O) groups excluding carboxylic acids is 2. The molecule has 2 amide bonds. The van der Waals surface area contributed by atoms with Gasteiger partial charge in [-0.1, -0.05) is 89.3 Å². The molecule has 2 saturated heterocycles. The van der Waals surface area contributed by atoms with Gasteiger partial charge in [-0.25, -0.2) is 0 Å². The van der Waals surface area contributed by atoms with Gasteiger partial charge in [0.2, 0.25) is 5.91 Å². The van der Waals surface area contributed by atoms with Crippen molar-refractivity contribution in [3.8, 4) is 0 Å². The third kappa shape index (κ3) is 6.72. The van der Waals surface area contributed by atoms with Gasteiger partial charge in [0.25, 0.3) is 5.91 Å². The maximum atomic E-state index is 13.8. The average molecular weight is 563 g/mol. The highest BCUT2D eigenvalue weighted by Gasteiger charge is 2.49. The Morgan fingerprint density at radius 1 is 1.02 bits per heavy atom. The standard InChI is InChI=1S/C34H50N4O3/c1-26(22-27-10-6-4-7-11-27)31(39)38-19-15-34(41,33(2,3)24-38)25-36-18-14-29(28-12-8-5-9-13-28)30(23-36)32(40)37-20-16-35-17-21-37/h5,8-9,12-14,23,26-27,35,41H,4,6-7,10-11,15-22,24-25H2,1-3H3/t26-,34-/m1/s1. The maximum absolute atomic E-state index is 13.8. The number of rotatable bonds is 7. The number of hydrogen-bond acceptors (Lipinski definition) is 5. The molecule has 3 heterocycles. The molecule has 2 atom stereocenters. The predicted molar refractivity (Wildman–Crippen MR) is 164 cm³/mol. The molecular formula is C34H50N4O3. The minimum absolute atomic E-state index is 0.0326. The number of nitrogens with zero attached hydrogens (tertiary/aromatic N) is 3. The van der Waals surface area contributed by atoms with E-state index in [-0.39, 0.29) is 17.7 Å². The molecule has 41 heavy (non-hydrogen) atoms. The molecule has 7 heteroatoms. The van der Waals surface area contributed by atoms with Crippen LogP contribution in [0.15, 0.2) is 48.2 Å². The summed E-state index contributed by atoms with van der Waals surface area (Å²) >= 11 is 0. The summed E-state index contributed by atoms with van der Waals surface area (Å²) in [5.41, 5.74) is 1.23. The van der Waals surface area contributed by atoms with E-state index in [0.29, 0.717) is 57.2 Å². The van der Waals surface area contributed by atoms with E-state index in [2.05, 4.69) is 49.2 Å². The maximum Gasteiger partial charge on any atom is 0.256 e. The molecule has 1 aliphatic carbocycles. The first kappa shape index (κ1) is 29.8. The third-order valence-electron chi connectivity index (χ3n) is 10.1. The Kier molecular flexibility index (Phi) is 9.24. The zero-order valence-electron chi connectivity index (χ0n) is 25.4. The van der Waals surface area contributed by atoms with Crippen LogP contribution in [0.4, 0.5) is 0 Å². The summed E-state index contributed by atoms with van der Waals surface area (Å²) in [5.74, 6) is 0.994. The highest BCUT2D eigenvalue weighted by atomic mass is 16.3. The SMILES string of the molecule is C[C@H](CC1CCCCC1)C(=O)N1CC[C@@](O)(CN2C=C(C(=O)N3CCNCC3)C(c3ccccc3)=CC2)C(C)(C)C1. The summed E-state index contributed by atoms with van der Waals surface area (Å²) in [4.78, 5) is 33.3. The van der Waals surface area contributed by atoms with Gasteiger partial charge in [-0.05, 0) is 29.9 Å². The van der Waals surface area contributed by atoms with Gasteiger partial charge in [-0.15, -0.1) is 0 Å². The Morgan fingerprint density at radius 2 is 1.73 bits per heavy atom. The van der Waals surface area contributed by atoms with Gasteiger partial charge in [0.05, 0.1) is 11.2 Å². The molecule has 0 unspecified atom stereocenters. The van der Waals surface area contributed by atoms with E-state index in [1.165, 1.54) is 32.1 Å². The minimum atomic E-state index is -0.978. The van der Waals surface area contributed by atoms with Crippen molar-refractivity contribution in [2.75, 3.05) is 52.4 Å². The van der Waals surface area contributed by atoms with Crippen LogP contribution in [0.3, 0.4) is 0 Å². The number of β-amino-alcohol motifs (C(OH)–C–C–N with tert-alkyl or cyclic N) is 1. The lowest BCUT2D eigenvalue weighted by Gasteiger charge is -2.52. The summed E-state index contributed by atoms with van der Waals surface area (Å²) in [6, 6.07) is 10.1. The van der Waals surface area contributed by atoms with Crippen molar-refractivity contribution in [2.24, 2.45) is 17.3 Å². The fourth-order valence-corrected chi connectivity index (χ4v) is 7.35. The molecule has 0 aromatic heterocycles. The van der Waals surface area contributed by atoms with E-state index in [0.717, 1.165) is 30.6 Å². The average Bonchev–Trinajstić information content (AvgIpc) is 2.99. The van der Waals surface area contributed by atoms with Gasteiger partial charge >= 0.3 is 0 Å². The van der Waals surface area contributed by atoms with Crippen LogP contribution in [0.25, 0.3) is 5.57 Å². The van der Waals surface area contributed by atoms with Crippen molar-refractivity contribution in [2.45, 2.75) is 71.3 Å². The number of benzene rings is 1. The van der Waals surface area contributed by atoms with E-state index in [1.807, 2.05) is 34.2 Å². The van der Waals surface area contributed by atoms with Crippen LogP contribution in [-0.2, 0) is 9.59 Å². The predicted octanol–water partition coefficient (Wildman–Crippen LogP) is 4.30. The first-order valence-electron chi connectivity index (χ1n) is 15.9. The molecule has 7 nitrogen and oxygen atoms in total. The summed E-state index contributed by atoms with van der Waals surface area (Å²) in [6.07, 6.45) is 12.1. The first-order chi connectivity index (χ1) is 19.7. The monoisotopic (exact) mass is 562 g/mol. The van der Waals surface area contributed by atoms with Crippen LogP contribution < -0.4 is 5.32 Å². The van der Waals surface area contributed by atoms with Gasteiger partial charge in [-0.3, -0.25) is 9.59 Å². The Balaban J connectivity index is 1.28. The molecule has 2 N–H and O–H groups in total. The quantitative estimate of drug-likeness (QED) is 0.519. The molecular weight excluding hydrogens is 512 g/mol. The number of piperazine rings is 1. The fourth-order valence-electron chi connectivity index (χ4n) is 7.35. The van der Waals surface area contributed by atoms with Crippen molar-refractivity contribution in [1.82, 2.24) is 20.0 Å². The Bertz CT molecular complexity index is 1130. The van der Waals surface area contributed by atoms with Crippen molar-refractivity contribution in [3.63, 3.8) is 0 Å². The summed E-state index contributed by atoms with van der Waals surface area (Å²) in [7, 11) is 0. The van der Waals surface area contributed by atoms with Gasteiger partial charge in [0, 0.05) is 69.9 Å². The first-order valence-corrected chi connectivity index (χ1v) is 15.9. The number of likely N-dealkylation sites (tertiary alicyclic amines) is 1. The van der Waals surface area contributed by atoms with E-state index in [9.17, 15) is 14.7 Å². The van der Waals surface area contributed by atoms with Crippen LogP contribution >= 0.6 is 0 Å². The summed E-state index contributed by atoms with van der Waals surface area (Å²) in [5, 5.41) is 15.4. The zero-order valence-corrected chi connectivity index (χ0v) is 25.4. The normalized spacial score (nSPS) is 26.3. The lowest BCUT2D eigenvalue weighted by molar-refractivity contribution is -0.156. The highest BCUT2D eigenvalue weighted by Crippen LogP contribution is 2.41. The Labute approximate surface area is 246 Å². The lowest BCUT2D eigenvalue weighted by atomic mass is 9.69. The minimum Gasteiger partial charge on any atom is -0.387 e. The molecule has 3 aliphatic heterocycles. The summed E-state index contributed by atoms with van der Waals surface area (Å²) in [6.45, 7) is 11.4. The highest BCUT2D eigenvalue weighted by molar-refractivity contribution is 6.09. The second kappa shape index (κ2) is 12.7. The van der Waals surface area contributed by atoms with Crippen LogP contribution in [0.2, 0.25) is 0 Å². The second-order valence-corrected chi connectivity index (χ2v) is 13.6. The number of amides is 2. The van der Waals surface area contributed by atoms with E-state index in [4.69, 9.17) is 0 Å². The van der Waals surface area contributed by atoms with Crippen molar-refractivity contribution >= 4 is 17.4 Å². The lowest BCUT2D eigenvalue weighted by Crippen LogP contribution is -2.62. The van der Waals surface area contributed by atoms with Gasteiger partial charge in [0.1, 0.15) is 0 Å². The third-order valence-corrected chi connectivity index (χ3v) is 10.1. The van der Waals surface area contributed by atoms with E-state index in [1.54, 1.807) is 0 Å². The number of piperidine rings is 1. The largest absolute Gasteiger partial charge is 0.387 e. The van der Waals surface area contributed by atoms with Crippen molar-refractivity contribution < 1.29 is 14.7 Å². The van der Waals surface area contributed by atoms with E-state index < -0.39 is 11.0 Å². The van der Waals surface area contributed by atoms with Crippen LogP contribution in [0.5, 0.6) is 0 Å². The molecule has 224 valence electrons. The number of hydrogen-bond donors (Lipinski definition) is 2. The molecule has 4 aliphatic rings. The van der Waals surface area contributed by atoms with E-state index >= 15 is 0 Å². The smallest absolute Gasteiger partial charge is 0.256 e. The topological polar surface area (TPSA) is 76.1 Å². The molecule has 3 fully saturated rings. The number of nitrogens with one attached hydrogen (secondary N) is 1. The molecule has 0 spiro atoms. The Hall–Kier alpha value is -2.64. The van der Waals surface area contributed by atoms with Gasteiger partial charge < -0.3 is 25.1 Å². The van der Waals surface area contributed by atoms with Crippen LogP contribution in [-0.4, -0.2) is 89.6 Å². The molecule has 1 saturated carbocycles.